The van der Waals surface area contributed by atoms with Gasteiger partial charge in [-0.2, -0.15) is 0 Å². The van der Waals surface area contributed by atoms with Crippen molar-refractivity contribution >= 4 is 6.72 Å². The van der Waals surface area contributed by atoms with Crippen LogP contribution in [0, 0.1) is 0 Å². The van der Waals surface area contributed by atoms with Crippen LogP contribution < -0.4 is 5.32 Å². The Morgan fingerprint density at radius 3 is 2.75 bits per heavy atom. The first-order chi connectivity index (χ1) is 3.81. The fourth-order valence-corrected chi connectivity index (χ4v) is 0.325. The number of rotatable bonds is 4. The minimum atomic E-state index is 0.548. The zero-order chi connectivity index (χ0) is 6.41. The lowest BCUT2D eigenvalue weighted by molar-refractivity contribution is 0.991. The van der Waals surface area contributed by atoms with E-state index in [9.17, 15) is 0 Å². The Labute approximate surface area is 49.6 Å². The smallest absolute Gasteiger partial charge is 0.0776 e. The van der Waals surface area contributed by atoms with Gasteiger partial charge in [0, 0.05) is 5.70 Å². The summed E-state index contributed by atoms with van der Waals surface area (Å²) in [7, 11) is 0. The van der Waals surface area contributed by atoms with E-state index >= 15 is 0 Å². The molecule has 0 aromatic heterocycles. The monoisotopic (exact) mass is 110 g/mol. The van der Waals surface area contributed by atoms with Gasteiger partial charge in [0.1, 0.15) is 0 Å². The number of hydrogen-bond acceptors (Lipinski definition) is 2. The summed E-state index contributed by atoms with van der Waals surface area (Å²) in [5.41, 5.74) is 0.815. The van der Waals surface area contributed by atoms with Crippen molar-refractivity contribution < 1.29 is 0 Å². The van der Waals surface area contributed by atoms with Crippen molar-refractivity contribution in [2.45, 2.75) is 0 Å². The van der Waals surface area contributed by atoms with Crippen molar-refractivity contribution in [2.24, 2.45) is 4.99 Å². The molecule has 2 heteroatoms. The van der Waals surface area contributed by atoms with Gasteiger partial charge in [-0.05, 0) is 12.9 Å². The van der Waals surface area contributed by atoms with Crippen molar-refractivity contribution in [1.82, 2.24) is 5.32 Å². The summed E-state index contributed by atoms with van der Waals surface area (Å²) >= 11 is 0. The number of nitrogens with zero attached hydrogens (tertiary/aromatic N) is 1. The minimum absolute atomic E-state index is 0.548. The molecule has 0 aromatic rings. The second kappa shape index (κ2) is 4.12. The van der Waals surface area contributed by atoms with Gasteiger partial charge in [-0.3, -0.25) is 4.99 Å². The van der Waals surface area contributed by atoms with Gasteiger partial charge in [-0.1, -0.05) is 13.2 Å². The molecule has 0 bridgehead atoms. The second-order valence-electron chi connectivity index (χ2n) is 1.33. The lowest BCUT2D eigenvalue weighted by Gasteiger charge is -1.97. The normalized spacial score (nSPS) is 7.50. The topological polar surface area (TPSA) is 24.4 Å². The fraction of sp³-hybridized carbons (Fsp3) is 0.167. The zero-order valence-electron chi connectivity index (χ0n) is 4.85. The summed E-state index contributed by atoms with van der Waals surface area (Å²) in [6, 6.07) is 0. The van der Waals surface area contributed by atoms with E-state index in [-0.39, 0.29) is 0 Å². The highest BCUT2D eigenvalue weighted by Gasteiger charge is 1.81. The Balaban J connectivity index is 3.32. The lowest BCUT2D eigenvalue weighted by Crippen LogP contribution is -2.04. The average Bonchev–Trinajstić information content (AvgIpc) is 1.68. The van der Waals surface area contributed by atoms with Gasteiger partial charge in [-0.15, -0.1) is 0 Å². The van der Waals surface area contributed by atoms with E-state index in [2.05, 4.69) is 30.2 Å². The Morgan fingerprint density at radius 1 is 1.75 bits per heavy atom. The molecule has 0 atom stereocenters. The Hall–Kier alpha value is -1.05. The van der Waals surface area contributed by atoms with E-state index < -0.39 is 0 Å². The summed E-state index contributed by atoms with van der Waals surface area (Å²) in [5.74, 6) is 0. The van der Waals surface area contributed by atoms with Crippen LogP contribution in [0.5, 0.6) is 0 Å². The van der Waals surface area contributed by atoms with Gasteiger partial charge in [0.25, 0.3) is 0 Å². The molecule has 0 amide bonds. The molecule has 0 aliphatic heterocycles. The van der Waals surface area contributed by atoms with Crippen LogP contribution >= 0.6 is 0 Å². The van der Waals surface area contributed by atoms with Crippen LogP contribution in [-0.4, -0.2) is 13.3 Å². The third kappa shape index (κ3) is 3.15. The maximum atomic E-state index is 3.62. The first-order valence-electron chi connectivity index (χ1n) is 2.29. The second-order valence-corrected chi connectivity index (χ2v) is 1.33. The van der Waals surface area contributed by atoms with Crippen LogP contribution in [0.4, 0.5) is 0 Å². The molecule has 0 saturated carbocycles. The maximum Gasteiger partial charge on any atom is 0.0776 e. The van der Waals surface area contributed by atoms with Crippen molar-refractivity contribution in [3.05, 3.63) is 25.1 Å². The first kappa shape index (κ1) is 6.95. The summed E-state index contributed by atoms with van der Waals surface area (Å²) in [5, 5.41) is 2.78. The molecular formula is C6H10N2. The molecule has 0 aromatic carbocycles. The lowest BCUT2D eigenvalue weighted by atomic mass is 10.5. The summed E-state index contributed by atoms with van der Waals surface area (Å²) in [6.45, 7) is 10.9. The molecule has 0 unspecified atom stereocenters. The van der Waals surface area contributed by atoms with Gasteiger partial charge in [-0.25, -0.2) is 0 Å². The van der Waals surface area contributed by atoms with E-state index in [1.54, 1.807) is 6.20 Å². The van der Waals surface area contributed by atoms with Crippen molar-refractivity contribution in [1.29, 1.82) is 0 Å². The number of nitrogens with one attached hydrogen (secondary N) is 1. The molecule has 0 rings (SSSR count). The average molecular weight is 110 g/mol. The van der Waals surface area contributed by atoms with Crippen LogP contribution in [0.15, 0.2) is 30.0 Å². The molecule has 0 aliphatic rings. The van der Waals surface area contributed by atoms with Gasteiger partial charge in [0.2, 0.25) is 0 Å². The molecular weight excluding hydrogens is 100 g/mol. The van der Waals surface area contributed by atoms with Crippen LogP contribution in [0.1, 0.15) is 0 Å². The van der Waals surface area contributed by atoms with E-state index in [0.29, 0.717) is 6.54 Å². The standard InChI is InChI=1S/C6H10N2/c1-4-8-6(2)5-7-3/h4,8H,1-3,5H2. The molecule has 1 N–H and O–H groups in total. The van der Waals surface area contributed by atoms with E-state index in [1.165, 1.54) is 0 Å². The Bertz CT molecular complexity index is 93.1. The number of hydrogen-bond donors (Lipinski definition) is 1. The van der Waals surface area contributed by atoms with Crippen LogP contribution in [0.3, 0.4) is 0 Å². The molecule has 0 aliphatic carbocycles. The predicted octanol–water partition coefficient (Wildman–Crippen LogP) is 0.934. The van der Waals surface area contributed by atoms with Crippen LogP contribution in [-0.2, 0) is 0 Å². The van der Waals surface area contributed by atoms with Crippen molar-refractivity contribution in [2.75, 3.05) is 6.54 Å². The predicted molar refractivity (Wildman–Crippen MR) is 36.9 cm³/mol. The minimum Gasteiger partial charge on any atom is -0.365 e. The molecule has 0 fully saturated rings. The van der Waals surface area contributed by atoms with Gasteiger partial charge in [0.15, 0.2) is 0 Å². The van der Waals surface area contributed by atoms with Crippen LogP contribution in [0.2, 0.25) is 0 Å². The van der Waals surface area contributed by atoms with Crippen molar-refractivity contribution in [3.63, 3.8) is 0 Å². The third-order valence-corrected chi connectivity index (χ3v) is 0.609. The highest BCUT2D eigenvalue weighted by Crippen LogP contribution is 1.81. The summed E-state index contributed by atoms with van der Waals surface area (Å²) in [4.78, 5) is 3.59. The van der Waals surface area contributed by atoms with Crippen molar-refractivity contribution in [3.8, 4) is 0 Å². The maximum absolute atomic E-state index is 3.62. The molecule has 0 saturated heterocycles. The Kier molecular flexibility index (Phi) is 3.58. The van der Waals surface area contributed by atoms with Gasteiger partial charge in [0.05, 0.1) is 6.54 Å². The summed E-state index contributed by atoms with van der Waals surface area (Å²) in [6.07, 6.45) is 1.56. The molecule has 2 nitrogen and oxygen atoms in total. The summed E-state index contributed by atoms with van der Waals surface area (Å²) < 4.78 is 0. The highest BCUT2D eigenvalue weighted by atomic mass is 14.9. The van der Waals surface area contributed by atoms with E-state index in [0.717, 1.165) is 5.70 Å². The molecule has 0 radical (unpaired) electrons. The van der Waals surface area contributed by atoms with Gasteiger partial charge >= 0.3 is 0 Å². The zero-order valence-corrected chi connectivity index (χ0v) is 4.85. The molecule has 0 spiro atoms. The SMILES string of the molecule is C=CNC(=C)CN=C. The highest BCUT2D eigenvalue weighted by molar-refractivity contribution is 5.24. The molecule has 8 heavy (non-hydrogen) atoms. The van der Waals surface area contributed by atoms with Crippen LogP contribution in [0.25, 0.3) is 0 Å². The Morgan fingerprint density at radius 2 is 2.38 bits per heavy atom. The van der Waals surface area contributed by atoms with E-state index in [4.69, 9.17) is 0 Å². The largest absolute Gasteiger partial charge is 0.365 e. The van der Waals surface area contributed by atoms with E-state index in [1.807, 2.05) is 0 Å². The quantitative estimate of drug-likeness (QED) is 0.535. The molecule has 44 valence electrons. The fourth-order valence-electron chi connectivity index (χ4n) is 0.325. The molecule has 0 heterocycles. The third-order valence-electron chi connectivity index (χ3n) is 0.609. The van der Waals surface area contributed by atoms with Gasteiger partial charge < -0.3 is 5.32 Å². The number of aliphatic imine (C=N–C) groups is 1. The first-order valence-corrected chi connectivity index (χ1v) is 2.29.